The summed E-state index contributed by atoms with van der Waals surface area (Å²) in [4.78, 5) is 10.9. The van der Waals surface area contributed by atoms with Crippen LogP contribution in [0.5, 0.6) is 0 Å². The van der Waals surface area contributed by atoms with Crippen LogP contribution in [-0.2, 0) is 0 Å². The van der Waals surface area contributed by atoms with Gasteiger partial charge in [-0.15, -0.1) is 0 Å². The lowest BCUT2D eigenvalue weighted by Crippen LogP contribution is -2.27. The molecule has 2 heterocycles. The molecule has 0 atom stereocenters. The van der Waals surface area contributed by atoms with Gasteiger partial charge in [-0.1, -0.05) is 13.8 Å². The molecule has 4 nitrogen and oxygen atoms in total. The molecule has 0 aromatic carbocycles. The van der Waals surface area contributed by atoms with Crippen LogP contribution in [0.15, 0.2) is 10.7 Å². The Kier molecular flexibility index (Phi) is 3.56. The molecule has 0 spiro atoms. The largest absolute Gasteiger partial charge is 0.383 e. The summed E-state index contributed by atoms with van der Waals surface area (Å²) in [5.41, 5.74) is 6.17. The Morgan fingerprint density at radius 2 is 2.06 bits per heavy atom. The van der Waals surface area contributed by atoms with Crippen molar-refractivity contribution in [2.75, 3.05) is 23.7 Å². The first-order valence-electron chi connectivity index (χ1n) is 6.01. The van der Waals surface area contributed by atoms with Crippen molar-refractivity contribution >= 4 is 27.7 Å². The molecule has 0 amide bonds. The average Bonchev–Trinajstić information content (AvgIpc) is 2.38. The summed E-state index contributed by atoms with van der Waals surface area (Å²) in [5, 5.41) is 0. The third-order valence-corrected chi connectivity index (χ3v) is 3.73. The van der Waals surface area contributed by atoms with E-state index in [1.807, 2.05) is 0 Å². The van der Waals surface area contributed by atoms with E-state index in [2.05, 4.69) is 44.6 Å². The summed E-state index contributed by atoms with van der Waals surface area (Å²) < 4.78 is 0.753. The zero-order chi connectivity index (χ0) is 12.5. The lowest BCUT2D eigenvalue weighted by atomic mass is 9.85. The maximum Gasteiger partial charge on any atom is 0.228 e. The van der Waals surface area contributed by atoms with E-state index in [9.17, 15) is 0 Å². The van der Waals surface area contributed by atoms with Gasteiger partial charge in [0, 0.05) is 19.2 Å². The van der Waals surface area contributed by atoms with Gasteiger partial charge in [0.15, 0.2) is 0 Å². The Morgan fingerprint density at radius 3 is 2.76 bits per heavy atom. The van der Waals surface area contributed by atoms with Gasteiger partial charge in [0.25, 0.3) is 0 Å². The van der Waals surface area contributed by atoms with Gasteiger partial charge in [0.1, 0.15) is 10.4 Å². The van der Waals surface area contributed by atoms with E-state index in [-0.39, 0.29) is 0 Å². The molecule has 1 saturated heterocycles. The van der Waals surface area contributed by atoms with Gasteiger partial charge in [0.2, 0.25) is 5.95 Å². The summed E-state index contributed by atoms with van der Waals surface area (Å²) >= 11 is 3.36. The number of rotatable bonds is 1. The SMILES string of the molecule is CC1(C)CCCN(c2nc(N)cc(Br)n2)CC1. The quantitative estimate of drug-likeness (QED) is 0.810. The fraction of sp³-hybridized carbons (Fsp3) is 0.667. The standard InChI is InChI=1S/C12H19BrN4/c1-12(2)4-3-6-17(7-5-12)11-15-9(13)8-10(14)16-11/h8H,3-7H2,1-2H3,(H2,14,15,16). The number of anilines is 2. The number of nitrogen functional groups attached to an aromatic ring is 1. The molecule has 0 bridgehead atoms. The fourth-order valence-electron chi connectivity index (χ4n) is 2.19. The summed E-state index contributed by atoms with van der Waals surface area (Å²) in [7, 11) is 0. The molecule has 0 saturated carbocycles. The molecule has 0 aliphatic carbocycles. The van der Waals surface area contributed by atoms with Crippen molar-refractivity contribution in [1.29, 1.82) is 0 Å². The van der Waals surface area contributed by atoms with Crippen LogP contribution in [-0.4, -0.2) is 23.1 Å². The zero-order valence-electron chi connectivity index (χ0n) is 10.4. The Balaban J connectivity index is 2.17. The van der Waals surface area contributed by atoms with E-state index in [4.69, 9.17) is 5.73 Å². The minimum atomic E-state index is 0.423. The molecule has 2 rings (SSSR count). The monoisotopic (exact) mass is 298 g/mol. The van der Waals surface area contributed by atoms with E-state index < -0.39 is 0 Å². The van der Waals surface area contributed by atoms with Crippen LogP contribution in [0, 0.1) is 5.41 Å². The highest BCUT2D eigenvalue weighted by molar-refractivity contribution is 9.10. The van der Waals surface area contributed by atoms with E-state index in [0.717, 1.165) is 23.6 Å². The van der Waals surface area contributed by atoms with E-state index in [1.54, 1.807) is 6.07 Å². The molecular weight excluding hydrogens is 280 g/mol. The predicted molar refractivity (Wildman–Crippen MR) is 74.0 cm³/mol. The fourth-order valence-corrected chi connectivity index (χ4v) is 2.58. The Labute approximate surface area is 111 Å². The molecule has 0 unspecified atom stereocenters. The minimum absolute atomic E-state index is 0.423. The van der Waals surface area contributed by atoms with Gasteiger partial charge < -0.3 is 10.6 Å². The van der Waals surface area contributed by atoms with E-state index >= 15 is 0 Å². The van der Waals surface area contributed by atoms with Crippen molar-refractivity contribution in [3.05, 3.63) is 10.7 Å². The van der Waals surface area contributed by atoms with Crippen molar-refractivity contribution in [2.45, 2.75) is 33.1 Å². The second-order valence-corrected chi connectivity index (χ2v) is 6.23. The molecule has 5 heteroatoms. The number of nitrogens with two attached hydrogens (primary N) is 1. The van der Waals surface area contributed by atoms with Crippen molar-refractivity contribution in [1.82, 2.24) is 9.97 Å². The maximum atomic E-state index is 5.75. The number of halogens is 1. The van der Waals surface area contributed by atoms with Gasteiger partial charge in [-0.25, -0.2) is 4.98 Å². The molecule has 1 aromatic rings. The van der Waals surface area contributed by atoms with Gasteiger partial charge in [-0.3, -0.25) is 0 Å². The molecule has 1 fully saturated rings. The van der Waals surface area contributed by atoms with Gasteiger partial charge in [-0.05, 0) is 40.6 Å². The first-order valence-corrected chi connectivity index (χ1v) is 6.81. The van der Waals surface area contributed by atoms with Crippen LogP contribution >= 0.6 is 15.9 Å². The summed E-state index contributed by atoms with van der Waals surface area (Å²) in [6.07, 6.45) is 3.61. The highest BCUT2D eigenvalue weighted by Gasteiger charge is 2.24. The van der Waals surface area contributed by atoms with E-state index in [1.165, 1.54) is 19.3 Å². The van der Waals surface area contributed by atoms with Crippen LogP contribution < -0.4 is 10.6 Å². The maximum absolute atomic E-state index is 5.75. The van der Waals surface area contributed by atoms with Gasteiger partial charge in [-0.2, -0.15) is 4.98 Å². The number of aromatic nitrogens is 2. The molecule has 1 aromatic heterocycles. The molecule has 1 aliphatic rings. The minimum Gasteiger partial charge on any atom is -0.383 e. The van der Waals surface area contributed by atoms with Gasteiger partial charge >= 0.3 is 0 Å². The first kappa shape index (κ1) is 12.6. The second-order valence-electron chi connectivity index (χ2n) is 5.42. The van der Waals surface area contributed by atoms with Crippen LogP contribution in [0.3, 0.4) is 0 Å². The van der Waals surface area contributed by atoms with Crippen molar-refractivity contribution < 1.29 is 0 Å². The van der Waals surface area contributed by atoms with Crippen LogP contribution in [0.2, 0.25) is 0 Å². The second kappa shape index (κ2) is 4.80. The third kappa shape index (κ3) is 3.31. The average molecular weight is 299 g/mol. The molecule has 0 radical (unpaired) electrons. The highest BCUT2D eigenvalue weighted by atomic mass is 79.9. The Morgan fingerprint density at radius 1 is 1.29 bits per heavy atom. The number of nitrogens with zero attached hydrogens (tertiary/aromatic N) is 3. The normalized spacial score (nSPS) is 20.1. The number of hydrogen-bond donors (Lipinski definition) is 1. The molecule has 17 heavy (non-hydrogen) atoms. The first-order chi connectivity index (χ1) is 7.96. The van der Waals surface area contributed by atoms with Crippen LogP contribution in [0.4, 0.5) is 11.8 Å². The lowest BCUT2D eigenvalue weighted by Gasteiger charge is -2.23. The highest BCUT2D eigenvalue weighted by Crippen LogP contribution is 2.31. The van der Waals surface area contributed by atoms with Crippen molar-refractivity contribution in [3.8, 4) is 0 Å². The van der Waals surface area contributed by atoms with Gasteiger partial charge in [0.05, 0.1) is 0 Å². The molecule has 2 N–H and O–H groups in total. The molecular formula is C12H19BrN4. The van der Waals surface area contributed by atoms with Crippen molar-refractivity contribution in [2.24, 2.45) is 5.41 Å². The summed E-state index contributed by atoms with van der Waals surface area (Å²) in [6.45, 7) is 6.67. The Hall–Kier alpha value is -0.840. The van der Waals surface area contributed by atoms with Crippen LogP contribution in [0.1, 0.15) is 33.1 Å². The third-order valence-electron chi connectivity index (χ3n) is 3.33. The smallest absolute Gasteiger partial charge is 0.228 e. The zero-order valence-corrected chi connectivity index (χ0v) is 12.0. The predicted octanol–water partition coefficient (Wildman–Crippen LogP) is 2.84. The molecule has 1 aliphatic heterocycles. The summed E-state index contributed by atoms with van der Waals surface area (Å²) in [6, 6.07) is 1.73. The van der Waals surface area contributed by atoms with Crippen molar-refractivity contribution in [3.63, 3.8) is 0 Å². The number of hydrogen-bond acceptors (Lipinski definition) is 4. The topological polar surface area (TPSA) is 55.0 Å². The molecule has 94 valence electrons. The van der Waals surface area contributed by atoms with E-state index in [0.29, 0.717) is 11.2 Å². The Bertz CT molecular complexity index is 385. The lowest BCUT2D eigenvalue weighted by molar-refractivity contribution is 0.325. The van der Waals surface area contributed by atoms with Crippen LogP contribution in [0.25, 0.3) is 0 Å². The summed E-state index contributed by atoms with van der Waals surface area (Å²) in [5.74, 6) is 1.26.